The smallest absolute Gasteiger partial charge is 0.238 e. The average Bonchev–Trinajstić information content (AvgIpc) is 2.37. The number of hydrogen-bond acceptors (Lipinski definition) is 4. The first-order valence-electron chi connectivity index (χ1n) is 5.04. The minimum Gasteiger partial charge on any atom is -0.369 e. The molecule has 0 amide bonds. The number of rotatable bonds is 2. The molecule has 0 radical (unpaired) electrons. The molecule has 1 heterocycles. The molecule has 0 saturated heterocycles. The third-order valence-corrected chi connectivity index (χ3v) is 3.51. The zero-order valence-electron chi connectivity index (χ0n) is 9.95. The fraction of sp³-hybridized carbons (Fsp3) is 0. The number of benzene rings is 1. The van der Waals surface area contributed by atoms with Crippen LogP contribution < -0.4 is 16.2 Å². The van der Waals surface area contributed by atoms with Crippen LogP contribution in [0.1, 0.15) is 0 Å². The van der Waals surface area contributed by atoms with Gasteiger partial charge in [-0.15, -0.1) is 16.9 Å². The number of halogens is 2. The molecule has 1 aromatic carbocycles. The van der Waals surface area contributed by atoms with Crippen molar-refractivity contribution in [3.63, 3.8) is 0 Å². The van der Waals surface area contributed by atoms with Gasteiger partial charge in [0.15, 0.2) is 0 Å². The fourth-order valence-corrected chi connectivity index (χ4v) is 2.18. The van der Waals surface area contributed by atoms with E-state index in [2.05, 4.69) is 14.8 Å². The lowest BCUT2D eigenvalue weighted by molar-refractivity contribution is 0.598. The average molecular weight is 336 g/mol. The van der Waals surface area contributed by atoms with Gasteiger partial charge in [0.05, 0.1) is 16.8 Å². The van der Waals surface area contributed by atoms with Crippen LogP contribution in [0.4, 0.5) is 5.69 Å². The molecule has 1 aromatic heterocycles. The minimum absolute atomic E-state index is 0. The number of sulfonamides is 1. The van der Waals surface area contributed by atoms with E-state index in [0.29, 0.717) is 16.5 Å². The van der Waals surface area contributed by atoms with E-state index >= 15 is 0 Å². The van der Waals surface area contributed by atoms with E-state index in [1.165, 1.54) is 24.5 Å². The van der Waals surface area contributed by atoms with Gasteiger partial charge in [0, 0.05) is 28.7 Å². The Morgan fingerprint density at radius 2 is 2.05 bits per heavy atom. The highest BCUT2D eigenvalue weighted by Crippen LogP contribution is 2.24. The van der Waals surface area contributed by atoms with Gasteiger partial charge in [0.25, 0.3) is 0 Å². The van der Waals surface area contributed by atoms with Crippen LogP contribution in [0.3, 0.4) is 0 Å². The second-order valence-electron chi connectivity index (χ2n) is 3.71. The molecule has 0 atom stereocenters. The Hall–Kier alpha value is -1.61. The maximum absolute atomic E-state index is 11.3. The summed E-state index contributed by atoms with van der Waals surface area (Å²) in [4.78, 5) is 3.98. The van der Waals surface area contributed by atoms with E-state index < -0.39 is 10.0 Å². The third kappa shape index (κ3) is 3.48. The van der Waals surface area contributed by atoms with Gasteiger partial charge >= 0.3 is 0 Å². The van der Waals surface area contributed by atoms with Gasteiger partial charge in [-0.2, -0.15) is 0 Å². The molecule has 0 spiro atoms. The second-order valence-corrected chi connectivity index (χ2v) is 5.44. The lowest BCUT2D eigenvalue weighted by Crippen LogP contribution is -2.21. The number of fused-ring (bicyclic) bond motifs is 1. The van der Waals surface area contributed by atoms with Gasteiger partial charge in [-0.25, -0.2) is 13.6 Å². The van der Waals surface area contributed by atoms with Crippen molar-refractivity contribution in [2.75, 3.05) is 5.32 Å². The third-order valence-electron chi connectivity index (χ3n) is 2.41. The van der Waals surface area contributed by atoms with E-state index in [-0.39, 0.29) is 23.3 Å². The number of aromatic nitrogens is 1. The maximum Gasteiger partial charge on any atom is 0.238 e. The van der Waals surface area contributed by atoms with Crippen LogP contribution in [-0.2, 0) is 10.0 Å². The van der Waals surface area contributed by atoms with Gasteiger partial charge < -0.3 is 11.1 Å². The fourth-order valence-electron chi connectivity index (χ4n) is 1.59. The zero-order valence-corrected chi connectivity index (χ0v) is 12.3. The Balaban J connectivity index is 0.00000200. The first kappa shape index (κ1) is 16.4. The summed E-state index contributed by atoms with van der Waals surface area (Å²) in [6, 6.07) is 4.42. The predicted molar refractivity (Wildman–Crippen MR) is 81.5 cm³/mol. The maximum atomic E-state index is 11.3. The summed E-state index contributed by atoms with van der Waals surface area (Å²) < 4.78 is 25.8. The highest BCUT2D eigenvalue weighted by atomic mass is 35.5. The number of guanidine groups is 1. The van der Waals surface area contributed by atoms with Gasteiger partial charge in [0.2, 0.25) is 16.0 Å². The SMILES string of the molecule is Cl.NC(=NCl)Nc1cncc2cc(S(N)(=O)=O)ccc12. The highest BCUT2D eigenvalue weighted by Gasteiger charge is 2.10. The summed E-state index contributed by atoms with van der Waals surface area (Å²) >= 11 is 5.22. The standard InChI is InChI=1S/C10H10ClN5O2S.ClH/c11-16-10(12)15-9-5-14-4-6-3-7(19(13,17)18)1-2-8(6)9;/h1-5H,(H3,12,15,16)(H2,13,17,18);1H. The molecular weight excluding hydrogens is 325 g/mol. The molecule has 0 fully saturated rings. The summed E-state index contributed by atoms with van der Waals surface area (Å²) in [5.74, 6) is 0.00601. The summed E-state index contributed by atoms with van der Waals surface area (Å²) in [6.45, 7) is 0. The number of nitrogens with two attached hydrogens (primary N) is 2. The minimum atomic E-state index is -3.75. The molecule has 20 heavy (non-hydrogen) atoms. The summed E-state index contributed by atoms with van der Waals surface area (Å²) in [5.41, 5.74) is 6.01. The molecule has 7 nitrogen and oxygen atoms in total. The highest BCUT2D eigenvalue weighted by molar-refractivity contribution is 7.89. The van der Waals surface area contributed by atoms with E-state index in [1.54, 1.807) is 6.07 Å². The Morgan fingerprint density at radius 1 is 1.35 bits per heavy atom. The Morgan fingerprint density at radius 3 is 2.65 bits per heavy atom. The number of pyridine rings is 1. The summed E-state index contributed by atoms with van der Waals surface area (Å²) in [7, 11) is -3.75. The van der Waals surface area contributed by atoms with E-state index in [9.17, 15) is 8.42 Å². The van der Waals surface area contributed by atoms with Gasteiger partial charge in [-0.05, 0) is 12.1 Å². The molecule has 5 N–H and O–H groups in total. The van der Waals surface area contributed by atoms with Crippen molar-refractivity contribution in [1.29, 1.82) is 0 Å². The van der Waals surface area contributed by atoms with Crippen molar-refractivity contribution in [3.05, 3.63) is 30.6 Å². The molecule has 10 heteroatoms. The topological polar surface area (TPSA) is 123 Å². The predicted octanol–water partition coefficient (Wildman–Crippen LogP) is 1.18. The van der Waals surface area contributed by atoms with Crippen molar-refractivity contribution < 1.29 is 8.42 Å². The van der Waals surface area contributed by atoms with Gasteiger partial charge in [0.1, 0.15) is 0 Å². The molecule has 0 aliphatic rings. The van der Waals surface area contributed by atoms with Crippen LogP contribution in [0.5, 0.6) is 0 Å². The van der Waals surface area contributed by atoms with Crippen molar-refractivity contribution in [2.45, 2.75) is 4.90 Å². The monoisotopic (exact) mass is 335 g/mol. The van der Waals surface area contributed by atoms with Crippen LogP contribution in [0.2, 0.25) is 0 Å². The molecule has 0 saturated carbocycles. The van der Waals surface area contributed by atoms with E-state index in [4.69, 9.17) is 22.6 Å². The van der Waals surface area contributed by atoms with Crippen LogP contribution in [0.15, 0.2) is 40.0 Å². The molecular formula is C10H11Cl2N5O2S. The van der Waals surface area contributed by atoms with Crippen LogP contribution in [-0.4, -0.2) is 19.4 Å². The van der Waals surface area contributed by atoms with Crippen molar-refractivity contribution >= 4 is 56.6 Å². The molecule has 2 rings (SSSR count). The Bertz CT molecular complexity index is 763. The Kier molecular flexibility index (Phi) is 5.12. The van der Waals surface area contributed by atoms with Crippen LogP contribution >= 0.6 is 24.2 Å². The Labute approximate surface area is 126 Å². The van der Waals surface area contributed by atoms with Crippen molar-refractivity contribution in [1.82, 2.24) is 4.98 Å². The van der Waals surface area contributed by atoms with E-state index in [1.807, 2.05) is 0 Å². The zero-order chi connectivity index (χ0) is 14.0. The number of anilines is 1. The summed E-state index contributed by atoms with van der Waals surface area (Å²) in [6.07, 6.45) is 3.04. The van der Waals surface area contributed by atoms with Gasteiger partial charge in [-0.1, -0.05) is 6.07 Å². The molecule has 0 aliphatic heterocycles. The number of nitrogens with one attached hydrogen (secondary N) is 1. The van der Waals surface area contributed by atoms with Crippen molar-refractivity contribution in [3.8, 4) is 0 Å². The molecule has 108 valence electrons. The number of primary sulfonamides is 1. The molecule has 2 aromatic rings. The van der Waals surface area contributed by atoms with E-state index in [0.717, 1.165) is 0 Å². The first-order chi connectivity index (χ1) is 8.91. The second kappa shape index (κ2) is 6.23. The number of nitrogens with zero attached hydrogens (tertiary/aromatic N) is 2. The lowest BCUT2D eigenvalue weighted by atomic mass is 10.1. The van der Waals surface area contributed by atoms with Crippen LogP contribution in [0, 0.1) is 0 Å². The normalized spacial score (nSPS) is 12.0. The molecule has 0 unspecified atom stereocenters. The lowest BCUT2D eigenvalue weighted by Gasteiger charge is -2.08. The number of hydrogen-bond donors (Lipinski definition) is 3. The first-order valence-corrected chi connectivity index (χ1v) is 6.92. The summed E-state index contributed by atoms with van der Waals surface area (Å²) in [5, 5.41) is 9.12. The molecule has 0 bridgehead atoms. The van der Waals surface area contributed by atoms with Crippen LogP contribution in [0.25, 0.3) is 10.8 Å². The van der Waals surface area contributed by atoms with Crippen molar-refractivity contribution in [2.24, 2.45) is 15.4 Å². The quantitative estimate of drug-likeness (QED) is 0.561. The molecule has 0 aliphatic carbocycles. The van der Waals surface area contributed by atoms with Gasteiger partial charge in [-0.3, -0.25) is 4.98 Å². The largest absolute Gasteiger partial charge is 0.369 e.